The molecule has 6 nitrogen and oxygen atoms in total. The lowest BCUT2D eigenvalue weighted by molar-refractivity contribution is 0.0693. The summed E-state index contributed by atoms with van der Waals surface area (Å²) in [4.78, 5) is 9.82. The summed E-state index contributed by atoms with van der Waals surface area (Å²) in [5.41, 5.74) is 0.697. The lowest BCUT2D eigenvalue weighted by atomic mass is 9.97. The van der Waals surface area contributed by atoms with E-state index in [0.717, 1.165) is 18.1 Å². The molecule has 0 bridgehead atoms. The maximum absolute atomic E-state index is 13.4. The first-order valence-corrected chi connectivity index (χ1v) is 10.3. The first-order valence-electron chi connectivity index (χ1n) is 8.82. The predicted molar refractivity (Wildman–Crippen MR) is 99.9 cm³/mol. The second-order valence-electron chi connectivity index (χ2n) is 6.87. The molecule has 1 fully saturated rings. The minimum absolute atomic E-state index is 0.134. The van der Waals surface area contributed by atoms with Gasteiger partial charge in [0.2, 0.25) is 14.8 Å². The Morgan fingerprint density at radius 1 is 1.04 bits per heavy atom. The summed E-state index contributed by atoms with van der Waals surface area (Å²) in [5, 5.41) is 18.9. The van der Waals surface area contributed by atoms with Gasteiger partial charge in [-0.05, 0) is 44.0 Å². The van der Waals surface area contributed by atoms with Crippen molar-refractivity contribution in [2.75, 3.05) is 0 Å². The molecule has 27 heavy (non-hydrogen) atoms. The number of carbonyl (C=O) groups is 1. The van der Waals surface area contributed by atoms with Crippen molar-refractivity contribution in [1.29, 1.82) is 0 Å². The lowest BCUT2D eigenvalue weighted by Gasteiger charge is -2.37. The van der Waals surface area contributed by atoms with Crippen LogP contribution in [0, 0.1) is 6.92 Å². The van der Waals surface area contributed by atoms with Crippen LogP contribution in [0.2, 0.25) is 0 Å². The Morgan fingerprint density at radius 3 is 2.22 bits per heavy atom. The van der Waals surface area contributed by atoms with Crippen molar-refractivity contribution < 1.29 is 28.2 Å². The van der Waals surface area contributed by atoms with Crippen LogP contribution < -0.4 is 4.74 Å². The van der Waals surface area contributed by atoms with Gasteiger partial charge in [-0.15, -0.1) is 0 Å². The van der Waals surface area contributed by atoms with Crippen molar-refractivity contribution in [3.05, 3.63) is 53.6 Å². The fourth-order valence-corrected chi connectivity index (χ4v) is 5.37. The van der Waals surface area contributed by atoms with E-state index in [1.807, 2.05) is 6.92 Å². The van der Waals surface area contributed by atoms with E-state index in [4.69, 9.17) is 9.84 Å². The molecule has 7 heteroatoms. The number of aromatic hydroxyl groups is 1. The van der Waals surface area contributed by atoms with Gasteiger partial charge in [0.15, 0.2) is 0 Å². The minimum Gasteiger partial charge on any atom is -0.507 e. The summed E-state index contributed by atoms with van der Waals surface area (Å²) < 4.78 is 32.8. The number of aryl methyl sites for hydroxylation is 1. The Labute approximate surface area is 158 Å². The lowest BCUT2D eigenvalue weighted by Crippen LogP contribution is -2.46. The zero-order valence-electron chi connectivity index (χ0n) is 15.0. The van der Waals surface area contributed by atoms with Gasteiger partial charge in [0.05, 0.1) is 4.90 Å². The smallest absolute Gasteiger partial charge is 0.339 e. The predicted octanol–water partition coefficient (Wildman–Crippen LogP) is 3.91. The van der Waals surface area contributed by atoms with Crippen molar-refractivity contribution in [3.8, 4) is 11.5 Å². The van der Waals surface area contributed by atoms with Crippen LogP contribution >= 0.6 is 0 Å². The van der Waals surface area contributed by atoms with Crippen LogP contribution in [0.5, 0.6) is 11.5 Å². The molecule has 3 rings (SSSR count). The summed E-state index contributed by atoms with van der Waals surface area (Å²) in [6.45, 7) is 1.88. The minimum atomic E-state index is -3.80. The molecule has 0 atom stereocenters. The van der Waals surface area contributed by atoms with E-state index < -0.39 is 26.5 Å². The Bertz CT molecular complexity index is 941. The van der Waals surface area contributed by atoms with Crippen LogP contribution in [0.4, 0.5) is 0 Å². The van der Waals surface area contributed by atoms with E-state index in [1.54, 1.807) is 24.3 Å². The molecule has 1 aliphatic rings. The molecule has 0 unspecified atom stereocenters. The maximum atomic E-state index is 13.4. The number of hydrogen-bond acceptors (Lipinski definition) is 5. The average Bonchev–Trinajstić information content (AvgIpc) is 2.62. The highest BCUT2D eigenvalue weighted by Gasteiger charge is 2.48. The molecule has 0 radical (unpaired) electrons. The molecule has 0 amide bonds. The van der Waals surface area contributed by atoms with E-state index in [1.165, 1.54) is 12.1 Å². The number of carboxylic acids is 1. The number of aromatic carboxylic acids is 1. The molecule has 0 aliphatic heterocycles. The molecule has 2 aromatic carbocycles. The summed E-state index contributed by atoms with van der Waals surface area (Å²) in [5.74, 6) is -1.59. The largest absolute Gasteiger partial charge is 0.507 e. The van der Waals surface area contributed by atoms with Gasteiger partial charge in [-0.3, -0.25) is 0 Å². The summed E-state index contributed by atoms with van der Waals surface area (Å²) in [7, 11) is -3.80. The van der Waals surface area contributed by atoms with Crippen molar-refractivity contribution in [2.45, 2.75) is 48.9 Å². The van der Waals surface area contributed by atoms with Crippen LogP contribution in [-0.4, -0.2) is 29.5 Å². The van der Waals surface area contributed by atoms with Gasteiger partial charge < -0.3 is 14.9 Å². The highest BCUT2D eigenvalue weighted by atomic mass is 32.2. The molecule has 0 saturated heterocycles. The molecule has 2 N–H and O–H groups in total. The molecule has 0 heterocycles. The van der Waals surface area contributed by atoms with Crippen molar-refractivity contribution in [2.24, 2.45) is 0 Å². The number of carboxylic acid groups (broad SMARTS) is 1. The summed E-state index contributed by atoms with van der Waals surface area (Å²) in [6, 6.07) is 10.4. The third-order valence-electron chi connectivity index (χ3n) is 4.94. The SMILES string of the molecule is Cc1ccc(S(=O)(=O)C2(Oc3ccc(C(=O)O)c(O)c3)CCCCC2)cc1. The van der Waals surface area contributed by atoms with Crippen LogP contribution in [0.1, 0.15) is 48.0 Å². The molecule has 144 valence electrons. The zero-order chi connectivity index (χ0) is 19.7. The van der Waals surface area contributed by atoms with E-state index in [0.29, 0.717) is 25.7 Å². The third-order valence-corrected chi connectivity index (χ3v) is 7.30. The normalized spacial score (nSPS) is 16.6. The van der Waals surface area contributed by atoms with Gasteiger partial charge in [-0.1, -0.05) is 24.1 Å². The van der Waals surface area contributed by atoms with Gasteiger partial charge >= 0.3 is 5.97 Å². The second kappa shape index (κ2) is 7.23. The van der Waals surface area contributed by atoms with Crippen LogP contribution in [0.25, 0.3) is 0 Å². The summed E-state index contributed by atoms with van der Waals surface area (Å²) in [6.07, 6.45) is 3.03. The monoisotopic (exact) mass is 390 g/mol. The van der Waals surface area contributed by atoms with Gasteiger partial charge in [-0.2, -0.15) is 0 Å². The number of hydrogen-bond donors (Lipinski definition) is 2. The van der Waals surface area contributed by atoms with Crippen molar-refractivity contribution in [1.82, 2.24) is 0 Å². The Kier molecular flexibility index (Phi) is 5.15. The van der Waals surface area contributed by atoms with Gasteiger partial charge in [0.25, 0.3) is 0 Å². The van der Waals surface area contributed by atoms with Crippen LogP contribution in [-0.2, 0) is 9.84 Å². The number of sulfone groups is 1. The number of rotatable bonds is 5. The fourth-order valence-electron chi connectivity index (χ4n) is 3.42. The zero-order valence-corrected chi connectivity index (χ0v) is 15.8. The highest BCUT2D eigenvalue weighted by Crippen LogP contribution is 2.41. The molecular formula is C20H22O6S. The highest BCUT2D eigenvalue weighted by molar-refractivity contribution is 7.92. The van der Waals surface area contributed by atoms with E-state index >= 15 is 0 Å². The fraction of sp³-hybridized carbons (Fsp3) is 0.350. The molecule has 1 saturated carbocycles. The number of phenols is 1. The quantitative estimate of drug-likeness (QED) is 0.803. The first kappa shape index (κ1) is 19.2. The average molecular weight is 390 g/mol. The van der Waals surface area contributed by atoms with Crippen molar-refractivity contribution in [3.63, 3.8) is 0 Å². The second-order valence-corrected chi connectivity index (χ2v) is 9.10. The molecule has 0 spiro atoms. The van der Waals surface area contributed by atoms with Crippen LogP contribution in [0.3, 0.4) is 0 Å². The van der Waals surface area contributed by atoms with E-state index in [9.17, 15) is 18.3 Å². The third kappa shape index (κ3) is 3.64. The standard InChI is InChI=1S/C20H22O6S/c1-14-5-8-16(9-6-14)27(24,25)20(11-3-2-4-12-20)26-15-7-10-17(19(22)23)18(21)13-15/h5-10,13,21H,2-4,11-12H2,1H3,(H,22,23). The van der Waals surface area contributed by atoms with E-state index in [-0.39, 0.29) is 16.2 Å². The Hall–Kier alpha value is -2.54. The molecular weight excluding hydrogens is 368 g/mol. The number of ether oxygens (including phenoxy) is 1. The van der Waals surface area contributed by atoms with Crippen molar-refractivity contribution >= 4 is 15.8 Å². The van der Waals surface area contributed by atoms with Gasteiger partial charge in [0.1, 0.15) is 17.1 Å². The topological polar surface area (TPSA) is 101 Å². The molecule has 0 aromatic heterocycles. The van der Waals surface area contributed by atoms with Crippen LogP contribution in [0.15, 0.2) is 47.4 Å². The first-order chi connectivity index (χ1) is 12.7. The van der Waals surface area contributed by atoms with E-state index in [2.05, 4.69) is 0 Å². The maximum Gasteiger partial charge on any atom is 0.339 e. The molecule has 2 aromatic rings. The summed E-state index contributed by atoms with van der Waals surface area (Å²) >= 11 is 0. The molecule has 1 aliphatic carbocycles. The van der Waals surface area contributed by atoms with Gasteiger partial charge in [0, 0.05) is 18.9 Å². The Morgan fingerprint density at radius 2 is 1.67 bits per heavy atom. The number of benzene rings is 2. The Balaban J connectivity index is 2.02. The van der Waals surface area contributed by atoms with Gasteiger partial charge in [-0.25, -0.2) is 13.2 Å².